The Hall–Kier alpha value is -0.0400. The first-order chi connectivity index (χ1) is 9.81. The highest BCUT2D eigenvalue weighted by Crippen LogP contribution is 2.16. The summed E-state index contributed by atoms with van der Waals surface area (Å²) in [5.74, 6) is 0.958. The third-order valence-corrected chi connectivity index (χ3v) is 4.43. The Labute approximate surface area is 129 Å². The lowest BCUT2D eigenvalue weighted by Gasteiger charge is -2.09. The van der Waals surface area contributed by atoms with Crippen LogP contribution in [0, 0.1) is 5.92 Å². The zero-order chi connectivity index (χ0) is 14.9. The molecule has 1 atom stereocenters. The Bertz CT molecular complexity index is 167. The van der Waals surface area contributed by atoms with Crippen molar-refractivity contribution < 1.29 is 0 Å². The molecule has 0 saturated carbocycles. The fourth-order valence-corrected chi connectivity index (χ4v) is 3.04. The third kappa shape index (κ3) is 16.0. The first-order valence-corrected chi connectivity index (χ1v) is 9.51. The van der Waals surface area contributed by atoms with Crippen LogP contribution in [0.2, 0.25) is 0 Å². The first-order valence-electron chi connectivity index (χ1n) is 9.51. The number of unbranched alkanes of at least 4 members (excludes halogenated alkanes) is 11. The lowest BCUT2D eigenvalue weighted by Crippen LogP contribution is -1.97. The smallest absolute Gasteiger partial charge is 0.00773 e. The van der Waals surface area contributed by atoms with Crippen LogP contribution in [0.25, 0.3) is 0 Å². The molecular formula is C19H41N. The molecule has 2 N–H and O–H groups in total. The fourth-order valence-electron chi connectivity index (χ4n) is 3.04. The number of hydrogen-bond donors (Lipinski definition) is 1. The van der Waals surface area contributed by atoms with Crippen LogP contribution in [0.15, 0.2) is 0 Å². The van der Waals surface area contributed by atoms with Gasteiger partial charge in [0.25, 0.3) is 0 Å². The standard InChI is InChI=1S/C19H41N/c1-3-16-19(2)17-14-12-10-8-6-4-5-7-9-11-13-15-18-20/h19H,3-18,20H2,1-2H3. The molecule has 0 saturated heterocycles. The van der Waals surface area contributed by atoms with E-state index in [0.29, 0.717) is 0 Å². The lowest BCUT2D eigenvalue weighted by atomic mass is 9.98. The third-order valence-electron chi connectivity index (χ3n) is 4.43. The molecule has 1 nitrogen and oxygen atoms in total. The molecule has 0 heterocycles. The molecule has 0 amide bonds. The van der Waals surface area contributed by atoms with Crippen molar-refractivity contribution in [3.8, 4) is 0 Å². The quantitative estimate of drug-likeness (QED) is 0.323. The van der Waals surface area contributed by atoms with E-state index >= 15 is 0 Å². The Morgan fingerprint density at radius 1 is 0.600 bits per heavy atom. The first kappa shape index (κ1) is 20.0. The molecule has 0 aliphatic rings. The van der Waals surface area contributed by atoms with Gasteiger partial charge in [-0.05, 0) is 18.9 Å². The normalized spacial score (nSPS) is 12.8. The largest absolute Gasteiger partial charge is 0.330 e. The molecule has 20 heavy (non-hydrogen) atoms. The second-order valence-corrected chi connectivity index (χ2v) is 6.71. The molecule has 0 aliphatic carbocycles. The van der Waals surface area contributed by atoms with Gasteiger partial charge in [-0.1, -0.05) is 104 Å². The zero-order valence-corrected chi connectivity index (χ0v) is 14.5. The maximum atomic E-state index is 5.49. The highest BCUT2D eigenvalue weighted by atomic mass is 14.5. The highest BCUT2D eigenvalue weighted by molar-refractivity contribution is 4.54. The molecule has 0 aromatic carbocycles. The van der Waals surface area contributed by atoms with E-state index in [0.717, 1.165) is 12.5 Å². The minimum Gasteiger partial charge on any atom is -0.330 e. The van der Waals surface area contributed by atoms with Crippen LogP contribution >= 0.6 is 0 Å². The van der Waals surface area contributed by atoms with Crippen LogP contribution in [0.3, 0.4) is 0 Å². The van der Waals surface area contributed by atoms with Gasteiger partial charge < -0.3 is 5.73 Å². The molecule has 0 rings (SSSR count). The maximum Gasteiger partial charge on any atom is -0.00773 e. The van der Waals surface area contributed by atoms with E-state index in [2.05, 4.69) is 13.8 Å². The summed E-state index contributed by atoms with van der Waals surface area (Å²) in [6.45, 7) is 5.59. The highest BCUT2D eigenvalue weighted by Gasteiger charge is 2.00. The number of nitrogens with two attached hydrogens (primary N) is 1. The monoisotopic (exact) mass is 283 g/mol. The maximum absolute atomic E-state index is 5.49. The molecular weight excluding hydrogens is 242 g/mol. The van der Waals surface area contributed by atoms with Gasteiger partial charge in [0.1, 0.15) is 0 Å². The summed E-state index contributed by atoms with van der Waals surface area (Å²) in [6.07, 6.45) is 21.3. The van der Waals surface area contributed by atoms with Crippen LogP contribution in [0.4, 0.5) is 0 Å². The summed E-state index contributed by atoms with van der Waals surface area (Å²) in [5, 5.41) is 0. The van der Waals surface area contributed by atoms with Gasteiger partial charge in [0.05, 0.1) is 0 Å². The topological polar surface area (TPSA) is 26.0 Å². The molecule has 122 valence electrons. The Kier molecular flexibility index (Phi) is 17.0. The van der Waals surface area contributed by atoms with Gasteiger partial charge in [0, 0.05) is 0 Å². The van der Waals surface area contributed by atoms with Crippen molar-refractivity contribution in [3.05, 3.63) is 0 Å². The molecule has 0 aromatic rings. The van der Waals surface area contributed by atoms with E-state index in [-0.39, 0.29) is 0 Å². The Morgan fingerprint density at radius 3 is 1.40 bits per heavy atom. The van der Waals surface area contributed by atoms with Gasteiger partial charge >= 0.3 is 0 Å². The minimum atomic E-state index is 0.872. The zero-order valence-electron chi connectivity index (χ0n) is 14.5. The SMILES string of the molecule is CCCC(C)CCCCCCCCCCCCCCN. The summed E-state index contributed by atoms with van der Waals surface area (Å²) in [5.41, 5.74) is 5.49. The second-order valence-electron chi connectivity index (χ2n) is 6.71. The van der Waals surface area contributed by atoms with Crippen molar-refractivity contribution in [3.63, 3.8) is 0 Å². The molecule has 1 unspecified atom stereocenters. The van der Waals surface area contributed by atoms with Crippen molar-refractivity contribution in [2.45, 2.75) is 110 Å². The van der Waals surface area contributed by atoms with Crippen molar-refractivity contribution in [1.82, 2.24) is 0 Å². The average molecular weight is 284 g/mol. The summed E-state index contributed by atoms with van der Waals surface area (Å²) >= 11 is 0. The van der Waals surface area contributed by atoms with Crippen molar-refractivity contribution in [2.75, 3.05) is 6.54 Å². The van der Waals surface area contributed by atoms with Crippen LogP contribution < -0.4 is 5.73 Å². The van der Waals surface area contributed by atoms with Gasteiger partial charge in [0.15, 0.2) is 0 Å². The van der Waals surface area contributed by atoms with E-state index in [1.807, 2.05) is 0 Å². The van der Waals surface area contributed by atoms with Crippen LogP contribution in [-0.4, -0.2) is 6.54 Å². The average Bonchev–Trinajstić information content (AvgIpc) is 2.44. The minimum absolute atomic E-state index is 0.872. The van der Waals surface area contributed by atoms with Gasteiger partial charge in [0.2, 0.25) is 0 Å². The summed E-state index contributed by atoms with van der Waals surface area (Å²) in [7, 11) is 0. The van der Waals surface area contributed by atoms with Gasteiger partial charge in [-0.2, -0.15) is 0 Å². The van der Waals surface area contributed by atoms with E-state index in [1.165, 1.54) is 96.3 Å². The Morgan fingerprint density at radius 2 is 1.00 bits per heavy atom. The predicted molar refractivity (Wildman–Crippen MR) is 93.1 cm³/mol. The van der Waals surface area contributed by atoms with Crippen LogP contribution in [0.1, 0.15) is 110 Å². The van der Waals surface area contributed by atoms with Crippen LogP contribution in [-0.2, 0) is 0 Å². The Balaban J connectivity index is 2.99. The lowest BCUT2D eigenvalue weighted by molar-refractivity contribution is 0.450. The van der Waals surface area contributed by atoms with E-state index in [9.17, 15) is 0 Å². The molecule has 0 radical (unpaired) electrons. The molecule has 0 aromatic heterocycles. The number of rotatable bonds is 16. The molecule has 0 aliphatic heterocycles. The molecule has 0 fully saturated rings. The summed E-state index contributed by atoms with van der Waals surface area (Å²) < 4.78 is 0. The van der Waals surface area contributed by atoms with Gasteiger partial charge in [-0.15, -0.1) is 0 Å². The van der Waals surface area contributed by atoms with Gasteiger partial charge in [-0.3, -0.25) is 0 Å². The van der Waals surface area contributed by atoms with Crippen LogP contribution in [0.5, 0.6) is 0 Å². The van der Waals surface area contributed by atoms with Crippen molar-refractivity contribution in [2.24, 2.45) is 11.7 Å². The fraction of sp³-hybridized carbons (Fsp3) is 1.00. The molecule has 0 bridgehead atoms. The van der Waals surface area contributed by atoms with Crippen molar-refractivity contribution >= 4 is 0 Å². The van der Waals surface area contributed by atoms with E-state index in [4.69, 9.17) is 5.73 Å². The van der Waals surface area contributed by atoms with E-state index in [1.54, 1.807) is 0 Å². The molecule has 0 spiro atoms. The van der Waals surface area contributed by atoms with E-state index < -0.39 is 0 Å². The molecule has 1 heteroatoms. The summed E-state index contributed by atoms with van der Waals surface area (Å²) in [6, 6.07) is 0. The second kappa shape index (κ2) is 17.0. The van der Waals surface area contributed by atoms with Gasteiger partial charge in [-0.25, -0.2) is 0 Å². The van der Waals surface area contributed by atoms with Crippen molar-refractivity contribution in [1.29, 1.82) is 0 Å². The summed E-state index contributed by atoms with van der Waals surface area (Å²) in [4.78, 5) is 0. The predicted octanol–water partition coefficient (Wildman–Crippen LogP) is 6.45. The number of hydrogen-bond acceptors (Lipinski definition) is 1.